The quantitative estimate of drug-likeness (QED) is 0.746. The molecule has 1 aliphatic rings. The van der Waals surface area contributed by atoms with E-state index in [1.165, 1.54) is 7.11 Å². The van der Waals surface area contributed by atoms with Gasteiger partial charge in [-0.3, -0.25) is 9.59 Å². The molecule has 24 heavy (non-hydrogen) atoms. The fourth-order valence-corrected chi connectivity index (χ4v) is 2.87. The summed E-state index contributed by atoms with van der Waals surface area (Å²) in [5.41, 5.74) is 0. The summed E-state index contributed by atoms with van der Waals surface area (Å²) in [5, 5.41) is 2.60. The smallest absolute Gasteiger partial charge is 0.407 e. The largest absolute Gasteiger partial charge is 0.463 e. The van der Waals surface area contributed by atoms with Crippen molar-refractivity contribution in [3.8, 4) is 0 Å². The minimum atomic E-state index is -0.626. The lowest BCUT2D eigenvalue weighted by Gasteiger charge is -2.35. The Balaban J connectivity index is 2.65. The van der Waals surface area contributed by atoms with Crippen molar-refractivity contribution in [3.63, 3.8) is 0 Å². The Morgan fingerprint density at radius 2 is 1.88 bits per heavy atom. The van der Waals surface area contributed by atoms with Crippen molar-refractivity contribution in [3.05, 3.63) is 0 Å². The Hall–Kier alpha value is -1.79. The van der Waals surface area contributed by atoms with Crippen LogP contribution in [0.2, 0.25) is 0 Å². The lowest BCUT2D eigenvalue weighted by molar-refractivity contribution is -0.150. The van der Waals surface area contributed by atoms with E-state index in [9.17, 15) is 14.4 Å². The van der Waals surface area contributed by atoms with Crippen molar-refractivity contribution in [2.45, 2.75) is 59.1 Å². The van der Waals surface area contributed by atoms with Crippen molar-refractivity contribution in [1.29, 1.82) is 0 Å². The van der Waals surface area contributed by atoms with Crippen molar-refractivity contribution in [2.24, 2.45) is 11.8 Å². The molecule has 0 aromatic heterocycles. The first-order chi connectivity index (χ1) is 11.2. The number of carbonyl (C=O) groups is 3. The highest BCUT2D eigenvalue weighted by Gasteiger charge is 2.32. The minimum absolute atomic E-state index is 0.0529. The fraction of sp³-hybridized carbons (Fsp3) is 0.824. The molecule has 2 atom stereocenters. The second-order valence-electron chi connectivity index (χ2n) is 6.89. The van der Waals surface area contributed by atoms with Crippen molar-refractivity contribution in [1.82, 2.24) is 10.2 Å². The van der Waals surface area contributed by atoms with Gasteiger partial charge in [0, 0.05) is 13.1 Å². The van der Waals surface area contributed by atoms with Gasteiger partial charge in [-0.1, -0.05) is 13.8 Å². The fourth-order valence-electron chi connectivity index (χ4n) is 2.87. The molecule has 1 rings (SSSR count). The molecule has 0 spiro atoms. The number of nitrogens with zero attached hydrogens (tertiary/aromatic N) is 1. The number of nitrogens with one attached hydrogen (secondary N) is 1. The molecule has 2 amide bonds. The lowest BCUT2D eigenvalue weighted by atomic mass is 9.93. The van der Waals surface area contributed by atoms with Gasteiger partial charge in [0.1, 0.15) is 6.04 Å². The third-order valence-corrected chi connectivity index (χ3v) is 4.04. The van der Waals surface area contributed by atoms with Crippen LogP contribution in [0, 0.1) is 11.8 Å². The van der Waals surface area contributed by atoms with Crippen LogP contribution in [0.1, 0.15) is 47.0 Å². The Morgan fingerprint density at radius 3 is 2.42 bits per heavy atom. The van der Waals surface area contributed by atoms with Gasteiger partial charge >= 0.3 is 12.1 Å². The van der Waals surface area contributed by atoms with E-state index in [0.29, 0.717) is 19.5 Å². The Labute approximate surface area is 144 Å². The van der Waals surface area contributed by atoms with Crippen molar-refractivity contribution < 1.29 is 23.9 Å². The van der Waals surface area contributed by atoms with Crippen molar-refractivity contribution in [2.75, 3.05) is 20.2 Å². The molecule has 0 radical (unpaired) electrons. The van der Waals surface area contributed by atoms with Gasteiger partial charge in [-0.2, -0.15) is 0 Å². The van der Waals surface area contributed by atoms with E-state index in [0.717, 1.165) is 12.8 Å². The minimum Gasteiger partial charge on any atom is -0.463 e. The molecule has 1 saturated heterocycles. The number of esters is 1. The molecule has 1 fully saturated rings. The summed E-state index contributed by atoms with van der Waals surface area (Å²) in [6.07, 6.45) is 1.31. The summed E-state index contributed by atoms with van der Waals surface area (Å²) in [7, 11) is 1.27. The molecule has 0 unspecified atom stereocenters. The van der Waals surface area contributed by atoms with Gasteiger partial charge in [-0.25, -0.2) is 4.79 Å². The van der Waals surface area contributed by atoms with E-state index >= 15 is 0 Å². The molecule has 0 saturated carbocycles. The summed E-state index contributed by atoms with van der Waals surface area (Å²) in [5.74, 6) is -0.308. The highest BCUT2D eigenvalue weighted by molar-refractivity contribution is 5.86. The molecule has 1 N–H and O–H groups in total. The van der Waals surface area contributed by atoms with Gasteiger partial charge in [-0.05, 0) is 38.5 Å². The first kappa shape index (κ1) is 20.3. The van der Waals surface area contributed by atoms with E-state index in [1.54, 1.807) is 4.90 Å². The molecule has 1 aliphatic heterocycles. The maximum Gasteiger partial charge on any atom is 0.407 e. The predicted octanol–water partition coefficient (Wildman–Crippen LogP) is 1.95. The van der Waals surface area contributed by atoms with Crippen LogP contribution in [0.4, 0.5) is 4.79 Å². The molecule has 0 bridgehead atoms. The van der Waals surface area contributed by atoms with Gasteiger partial charge in [-0.15, -0.1) is 0 Å². The standard InChI is InChI=1S/C17H30N2O5/c1-11(2)15(18-17(22)23-5)16(21)19-8-6-7-13(10-19)9-14(20)24-12(3)4/h11-13,15H,6-10H2,1-5H3,(H,18,22)/t13-,15+/m1/s1. The van der Waals surface area contributed by atoms with Crippen LogP contribution in [-0.2, 0) is 19.1 Å². The van der Waals surface area contributed by atoms with Crippen LogP contribution < -0.4 is 5.32 Å². The zero-order valence-corrected chi connectivity index (χ0v) is 15.3. The third-order valence-electron chi connectivity index (χ3n) is 4.04. The van der Waals surface area contributed by atoms with Gasteiger partial charge in [0.15, 0.2) is 0 Å². The number of amides is 2. The van der Waals surface area contributed by atoms with E-state index in [-0.39, 0.29) is 29.8 Å². The van der Waals surface area contributed by atoms with Crippen LogP contribution in [0.15, 0.2) is 0 Å². The number of alkyl carbamates (subject to hydrolysis) is 1. The van der Waals surface area contributed by atoms with Gasteiger partial charge in [0.2, 0.25) is 5.91 Å². The maximum atomic E-state index is 12.7. The zero-order chi connectivity index (χ0) is 18.3. The van der Waals surface area contributed by atoms with E-state index in [2.05, 4.69) is 10.1 Å². The average Bonchev–Trinajstić information content (AvgIpc) is 2.50. The van der Waals surface area contributed by atoms with Crippen LogP contribution in [0.25, 0.3) is 0 Å². The zero-order valence-electron chi connectivity index (χ0n) is 15.3. The van der Waals surface area contributed by atoms with E-state index < -0.39 is 12.1 Å². The number of likely N-dealkylation sites (tertiary alicyclic amines) is 1. The van der Waals surface area contributed by atoms with Crippen LogP contribution in [0.3, 0.4) is 0 Å². The molecule has 7 heteroatoms. The summed E-state index contributed by atoms with van der Waals surface area (Å²) in [6.45, 7) is 8.54. The second-order valence-corrected chi connectivity index (χ2v) is 6.89. The van der Waals surface area contributed by atoms with Gasteiger partial charge in [0.25, 0.3) is 0 Å². The first-order valence-corrected chi connectivity index (χ1v) is 8.57. The van der Waals surface area contributed by atoms with E-state index in [4.69, 9.17) is 4.74 Å². The molecule has 0 aliphatic carbocycles. The predicted molar refractivity (Wildman–Crippen MR) is 89.3 cm³/mol. The first-order valence-electron chi connectivity index (χ1n) is 8.57. The molecular weight excluding hydrogens is 312 g/mol. The molecule has 1 heterocycles. The average molecular weight is 342 g/mol. The summed E-state index contributed by atoms with van der Waals surface area (Å²) >= 11 is 0. The van der Waals surface area contributed by atoms with Crippen LogP contribution >= 0.6 is 0 Å². The normalized spacial score (nSPS) is 19.1. The Morgan fingerprint density at radius 1 is 1.21 bits per heavy atom. The number of ether oxygens (including phenoxy) is 2. The molecule has 7 nitrogen and oxygen atoms in total. The van der Waals surface area contributed by atoms with Crippen LogP contribution in [-0.4, -0.2) is 55.2 Å². The summed E-state index contributed by atoms with van der Waals surface area (Å²) in [4.78, 5) is 37.8. The Kier molecular flexibility index (Phi) is 8.01. The number of piperidine rings is 1. The van der Waals surface area contributed by atoms with Crippen LogP contribution in [0.5, 0.6) is 0 Å². The summed E-state index contributed by atoms with van der Waals surface area (Å²) < 4.78 is 9.78. The molecule has 0 aromatic rings. The second kappa shape index (κ2) is 9.49. The highest BCUT2D eigenvalue weighted by Crippen LogP contribution is 2.22. The number of carbonyl (C=O) groups excluding carboxylic acids is 3. The van der Waals surface area contributed by atoms with E-state index in [1.807, 2.05) is 27.7 Å². The number of hydrogen-bond donors (Lipinski definition) is 1. The molecule has 0 aromatic carbocycles. The van der Waals surface area contributed by atoms with Crippen molar-refractivity contribution >= 4 is 18.0 Å². The Bertz CT molecular complexity index is 450. The third kappa shape index (κ3) is 6.37. The lowest BCUT2D eigenvalue weighted by Crippen LogP contribution is -2.53. The highest BCUT2D eigenvalue weighted by atomic mass is 16.5. The van der Waals surface area contributed by atoms with Gasteiger partial charge in [0.05, 0.1) is 19.6 Å². The van der Waals surface area contributed by atoms with Gasteiger partial charge < -0.3 is 19.7 Å². The monoisotopic (exact) mass is 342 g/mol. The number of rotatable bonds is 6. The summed E-state index contributed by atoms with van der Waals surface area (Å²) in [6, 6.07) is -0.626. The number of methoxy groups -OCH3 is 1. The topological polar surface area (TPSA) is 84.9 Å². The number of hydrogen-bond acceptors (Lipinski definition) is 5. The molecule has 138 valence electrons. The maximum absolute atomic E-state index is 12.7. The molecular formula is C17H30N2O5. The SMILES string of the molecule is COC(=O)N[C@H](C(=O)N1CCC[C@H](CC(=O)OC(C)C)C1)C(C)C.